The van der Waals surface area contributed by atoms with Crippen molar-refractivity contribution in [2.75, 3.05) is 0 Å². The lowest BCUT2D eigenvalue weighted by Crippen LogP contribution is -1.88. The van der Waals surface area contributed by atoms with Gasteiger partial charge in [-0.1, -0.05) is 0 Å². The maximum Gasteiger partial charge on any atom is 0.126 e. The van der Waals surface area contributed by atoms with Gasteiger partial charge in [0.2, 0.25) is 0 Å². The Balaban J connectivity index is 2.94. The highest BCUT2D eigenvalue weighted by molar-refractivity contribution is 5.52. The van der Waals surface area contributed by atoms with E-state index in [0.29, 0.717) is 0 Å². The van der Waals surface area contributed by atoms with Crippen molar-refractivity contribution in [3.8, 4) is 0 Å². The van der Waals surface area contributed by atoms with E-state index in [2.05, 4.69) is 10.1 Å². The Bertz CT molecular complexity index is 212. The zero-order chi connectivity index (χ0) is 6.69. The quantitative estimate of drug-likeness (QED) is 0.513. The van der Waals surface area contributed by atoms with Gasteiger partial charge in [0, 0.05) is 18.6 Å². The molecule has 3 nitrogen and oxygen atoms in total. The van der Waals surface area contributed by atoms with Gasteiger partial charge in [-0.15, -0.1) is 0 Å². The molecule has 0 radical (unpaired) electrons. The van der Waals surface area contributed by atoms with Crippen molar-refractivity contribution in [3.05, 3.63) is 18.2 Å². The molecule has 0 saturated carbocycles. The zero-order valence-corrected chi connectivity index (χ0v) is 5.57. The van der Waals surface area contributed by atoms with Crippen LogP contribution in [0.1, 0.15) is 12.7 Å². The van der Waals surface area contributed by atoms with Crippen LogP contribution in [0.5, 0.6) is 0 Å². The van der Waals surface area contributed by atoms with Crippen molar-refractivity contribution in [1.82, 2.24) is 9.66 Å². The molecule has 0 atom stereocenters. The van der Waals surface area contributed by atoms with Crippen LogP contribution in [0.4, 0.5) is 0 Å². The molecule has 0 bridgehead atoms. The molecule has 0 aromatic carbocycles. The third-order valence-corrected chi connectivity index (χ3v) is 1.04. The number of imidazole rings is 1. The SMILES string of the molecule is CC=Nn1ccnc1C. The molecule has 0 aliphatic heterocycles. The average Bonchev–Trinajstić information content (AvgIpc) is 2.18. The van der Waals surface area contributed by atoms with Crippen LogP contribution in [0.3, 0.4) is 0 Å². The standard InChI is InChI=1S/C6H9N3/c1-3-8-9-5-4-7-6(9)2/h3-5H,1-2H3. The van der Waals surface area contributed by atoms with Crippen molar-refractivity contribution in [3.63, 3.8) is 0 Å². The van der Waals surface area contributed by atoms with E-state index in [4.69, 9.17) is 0 Å². The predicted molar refractivity (Wildman–Crippen MR) is 36.5 cm³/mol. The number of aryl methyl sites for hydroxylation is 1. The van der Waals surface area contributed by atoms with Gasteiger partial charge in [-0.05, 0) is 13.8 Å². The van der Waals surface area contributed by atoms with E-state index in [1.807, 2.05) is 20.0 Å². The summed E-state index contributed by atoms with van der Waals surface area (Å²) in [6.45, 7) is 3.78. The molecule has 48 valence electrons. The molecule has 1 heterocycles. The van der Waals surface area contributed by atoms with Crippen LogP contribution in [0.15, 0.2) is 17.5 Å². The molecule has 0 spiro atoms. The molecule has 0 amide bonds. The summed E-state index contributed by atoms with van der Waals surface area (Å²) in [5.41, 5.74) is 0. The minimum atomic E-state index is 0.910. The van der Waals surface area contributed by atoms with Crippen LogP contribution in [-0.2, 0) is 0 Å². The van der Waals surface area contributed by atoms with Crippen molar-refractivity contribution in [1.29, 1.82) is 0 Å². The third kappa shape index (κ3) is 1.16. The maximum absolute atomic E-state index is 4.00. The van der Waals surface area contributed by atoms with Crippen LogP contribution in [-0.4, -0.2) is 15.9 Å². The first-order valence-corrected chi connectivity index (χ1v) is 2.83. The number of nitrogens with zero attached hydrogens (tertiary/aromatic N) is 3. The largest absolute Gasteiger partial charge is 0.240 e. The Morgan fingerprint density at radius 2 is 2.56 bits per heavy atom. The van der Waals surface area contributed by atoms with Crippen molar-refractivity contribution in [2.24, 2.45) is 5.10 Å². The van der Waals surface area contributed by atoms with Crippen LogP contribution in [0, 0.1) is 6.92 Å². The smallest absolute Gasteiger partial charge is 0.126 e. The van der Waals surface area contributed by atoms with Gasteiger partial charge in [0.15, 0.2) is 0 Å². The van der Waals surface area contributed by atoms with Gasteiger partial charge in [0.1, 0.15) is 5.82 Å². The second kappa shape index (κ2) is 2.44. The Morgan fingerprint density at radius 1 is 1.78 bits per heavy atom. The summed E-state index contributed by atoms with van der Waals surface area (Å²) in [4.78, 5) is 3.98. The van der Waals surface area contributed by atoms with Crippen molar-refractivity contribution >= 4 is 6.21 Å². The number of hydrogen-bond donors (Lipinski definition) is 0. The van der Waals surface area contributed by atoms with Crippen molar-refractivity contribution in [2.45, 2.75) is 13.8 Å². The number of aromatic nitrogens is 2. The molecule has 0 aliphatic carbocycles. The number of rotatable bonds is 1. The normalized spacial score (nSPS) is 10.9. The van der Waals surface area contributed by atoms with Crippen LogP contribution < -0.4 is 0 Å². The lowest BCUT2D eigenvalue weighted by Gasteiger charge is -1.90. The Kier molecular flexibility index (Phi) is 1.63. The Morgan fingerprint density at radius 3 is 3.00 bits per heavy atom. The van der Waals surface area contributed by atoms with Crippen LogP contribution in [0.2, 0.25) is 0 Å². The van der Waals surface area contributed by atoms with Gasteiger partial charge in [0.25, 0.3) is 0 Å². The fraction of sp³-hybridized carbons (Fsp3) is 0.333. The van der Waals surface area contributed by atoms with Gasteiger partial charge < -0.3 is 0 Å². The van der Waals surface area contributed by atoms with E-state index in [0.717, 1.165) is 5.82 Å². The second-order valence-electron chi connectivity index (χ2n) is 1.69. The minimum absolute atomic E-state index is 0.910. The Labute approximate surface area is 54.0 Å². The topological polar surface area (TPSA) is 30.2 Å². The third-order valence-electron chi connectivity index (χ3n) is 1.04. The van der Waals surface area contributed by atoms with Crippen LogP contribution in [0.25, 0.3) is 0 Å². The summed E-state index contributed by atoms with van der Waals surface area (Å²) in [7, 11) is 0. The molecule has 1 aromatic heterocycles. The molecule has 0 saturated heterocycles. The fourth-order valence-electron chi connectivity index (χ4n) is 0.618. The highest BCUT2D eigenvalue weighted by Gasteiger charge is 1.88. The first-order chi connectivity index (χ1) is 4.34. The summed E-state index contributed by atoms with van der Waals surface area (Å²) in [5.74, 6) is 0.910. The van der Waals surface area contributed by atoms with Gasteiger partial charge in [-0.25, -0.2) is 9.66 Å². The first-order valence-electron chi connectivity index (χ1n) is 2.83. The lowest BCUT2D eigenvalue weighted by molar-refractivity contribution is 0.831. The van der Waals surface area contributed by atoms with Crippen molar-refractivity contribution < 1.29 is 0 Å². The first kappa shape index (κ1) is 6.01. The monoisotopic (exact) mass is 123 g/mol. The van der Waals surface area contributed by atoms with Gasteiger partial charge in [-0.2, -0.15) is 5.10 Å². The van der Waals surface area contributed by atoms with Gasteiger partial charge in [-0.3, -0.25) is 0 Å². The molecule has 9 heavy (non-hydrogen) atoms. The maximum atomic E-state index is 4.00. The molecule has 1 rings (SSSR count). The zero-order valence-electron chi connectivity index (χ0n) is 5.57. The molecular formula is C6H9N3. The Hall–Kier alpha value is -1.12. The molecule has 1 aromatic rings. The summed E-state index contributed by atoms with van der Waals surface area (Å²) in [5, 5.41) is 4.00. The molecule has 0 aliphatic rings. The minimum Gasteiger partial charge on any atom is -0.240 e. The summed E-state index contributed by atoms with van der Waals surface area (Å²) in [6, 6.07) is 0. The van der Waals surface area contributed by atoms with Crippen LogP contribution >= 0.6 is 0 Å². The second-order valence-corrected chi connectivity index (χ2v) is 1.69. The predicted octanol–water partition coefficient (Wildman–Crippen LogP) is 1.05. The average molecular weight is 123 g/mol. The van der Waals surface area contributed by atoms with E-state index < -0.39 is 0 Å². The summed E-state index contributed by atoms with van der Waals surface area (Å²) in [6.07, 6.45) is 5.27. The highest BCUT2D eigenvalue weighted by atomic mass is 15.4. The molecule has 0 unspecified atom stereocenters. The molecule has 0 N–H and O–H groups in total. The van der Waals surface area contributed by atoms with Gasteiger partial charge in [0.05, 0.1) is 0 Å². The highest BCUT2D eigenvalue weighted by Crippen LogP contribution is 1.91. The van der Waals surface area contributed by atoms with E-state index in [9.17, 15) is 0 Å². The van der Waals surface area contributed by atoms with E-state index >= 15 is 0 Å². The van der Waals surface area contributed by atoms with Gasteiger partial charge >= 0.3 is 0 Å². The van der Waals surface area contributed by atoms with E-state index in [1.165, 1.54) is 0 Å². The van der Waals surface area contributed by atoms with E-state index in [1.54, 1.807) is 17.1 Å². The summed E-state index contributed by atoms with van der Waals surface area (Å²) < 4.78 is 1.72. The fourth-order valence-corrected chi connectivity index (χ4v) is 0.618. The lowest BCUT2D eigenvalue weighted by atomic mass is 10.7. The summed E-state index contributed by atoms with van der Waals surface area (Å²) >= 11 is 0. The number of hydrogen-bond acceptors (Lipinski definition) is 2. The molecule has 0 fully saturated rings. The molecule has 3 heteroatoms. The molecular weight excluding hydrogens is 114 g/mol. The van der Waals surface area contributed by atoms with E-state index in [-0.39, 0.29) is 0 Å².